The standard InChI is InChI=1S/C15H9Br2FN2O/c16-8-5-6-11(17)10(7-8)14-13(15(19)20-21-14)9-3-1-2-4-12(9)18/h1-7H,(H2,19,20). The Morgan fingerprint density at radius 3 is 2.57 bits per heavy atom. The van der Waals surface area contributed by atoms with Gasteiger partial charge in [-0.25, -0.2) is 4.39 Å². The highest BCUT2D eigenvalue weighted by Gasteiger charge is 2.21. The summed E-state index contributed by atoms with van der Waals surface area (Å²) in [4.78, 5) is 0. The molecule has 3 nitrogen and oxygen atoms in total. The number of anilines is 1. The van der Waals surface area contributed by atoms with Gasteiger partial charge in [0.15, 0.2) is 11.6 Å². The quantitative estimate of drug-likeness (QED) is 0.626. The van der Waals surface area contributed by atoms with Crippen LogP contribution in [0.15, 0.2) is 55.9 Å². The Labute approximate surface area is 137 Å². The molecule has 0 aliphatic rings. The Bertz CT molecular complexity index is 817. The van der Waals surface area contributed by atoms with E-state index in [0.717, 1.165) is 14.5 Å². The fourth-order valence-corrected chi connectivity index (χ4v) is 2.87. The van der Waals surface area contributed by atoms with Gasteiger partial charge < -0.3 is 10.3 Å². The smallest absolute Gasteiger partial charge is 0.178 e. The molecule has 0 atom stereocenters. The third-order valence-electron chi connectivity index (χ3n) is 3.03. The number of benzene rings is 2. The lowest BCUT2D eigenvalue weighted by Gasteiger charge is -2.06. The third kappa shape index (κ3) is 2.61. The summed E-state index contributed by atoms with van der Waals surface area (Å²) >= 11 is 6.87. The van der Waals surface area contributed by atoms with Crippen molar-refractivity contribution in [3.63, 3.8) is 0 Å². The third-order valence-corrected chi connectivity index (χ3v) is 4.22. The molecule has 2 N–H and O–H groups in total. The molecule has 3 aromatic rings. The number of nitrogen functional groups attached to an aromatic ring is 1. The molecule has 1 heterocycles. The number of nitrogens with two attached hydrogens (primary N) is 1. The van der Waals surface area contributed by atoms with E-state index >= 15 is 0 Å². The summed E-state index contributed by atoms with van der Waals surface area (Å²) in [7, 11) is 0. The largest absolute Gasteiger partial charge is 0.380 e. The van der Waals surface area contributed by atoms with Gasteiger partial charge in [0.05, 0.1) is 5.56 Å². The molecule has 21 heavy (non-hydrogen) atoms. The van der Waals surface area contributed by atoms with E-state index < -0.39 is 0 Å². The highest BCUT2D eigenvalue weighted by molar-refractivity contribution is 9.11. The predicted octanol–water partition coefficient (Wildman–Crippen LogP) is 5.25. The number of rotatable bonds is 2. The van der Waals surface area contributed by atoms with Crippen LogP contribution in [-0.4, -0.2) is 5.16 Å². The van der Waals surface area contributed by atoms with Gasteiger partial charge in [0.1, 0.15) is 5.82 Å². The molecule has 2 aromatic carbocycles. The van der Waals surface area contributed by atoms with Gasteiger partial charge >= 0.3 is 0 Å². The van der Waals surface area contributed by atoms with E-state index in [1.165, 1.54) is 6.07 Å². The molecule has 1 aromatic heterocycles. The van der Waals surface area contributed by atoms with E-state index in [4.69, 9.17) is 10.3 Å². The molecule has 0 bridgehead atoms. The van der Waals surface area contributed by atoms with Crippen LogP contribution in [-0.2, 0) is 0 Å². The lowest BCUT2D eigenvalue weighted by Crippen LogP contribution is -1.91. The first-order valence-electron chi connectivity index (χ1n) is 6.03. The number of hydrogen-bond donors (Lipinski definition) is 1. The highest BCUT2D eigenvalue weighted by atomic mass is 79.9. The first-order valence-corrected chi connectivity index (χ1v) is 7.62. The molecule has 0 saturated heterocycles. The van der Waals surface area contributed by atoms with Crippen LogP contribution in [0, 0.1) is 5.82 Å². The van der Waals surface area contributed by atoms with E-state index in [2.05, 4.69) is 37.0 Å². The minimum Gasteiger partial charge on any atom is -0.380 e. The van der Waals surface area contributed by atoms with Crippen molar-refractivity contribution in [2.75, 3.05) is 5.73 Å². The normalized spacial score (nSPS) is 10.8. The molecule has 0 saturated carbocycles. The van der Waals surface area contributed by atoms with Crippen molar-refractivity contribution >= 4 is 37.7 Å². The van der Waals surface area contributed by atoms with Crippen molar-refractivity contribution in [2.24, 2.45) is 0 Å². The Kier molecular flexibility index (Phi) is 3.82. The van der Waals surface area contributed by atoms with Crippen molar-refractivity contribution in [3.05, 3.63) is 57.2 Å². The van der Waals surface area contributed by atoms with E-state index in [0.29, 0.717) is 16.9 Å². The topological polar surface area (TPSA) is 52.0 Å². The van der Waals surface area contributed by atoms with Crippen LogP contribution in [0.4, 0.5) is 10.2 Å². The van der Waals surface area contributed by atoms with Gasteiger partial charge in [-0.1, -0.05) is 55.2 Å². The number of hydrogen-bond acceptors (Lipinski definition) is 3. The van der Waals surface area contributed by atoms with Crippen LogP contribution in [0.3, 0.4) is 0 Å². The monoisotopic (exact) mass is 410 g/mol. The zero-order valence-corrected chi connectivity index (χ0v) is 13.8. The zero-order valence-electron chi connectivity index (χ0n) is 10.6. The zero-order chi connectivity index (χ0) is 15.0. The van der Waals surface area contributed by atoms with Gasteiger partial charge in [-0.3, -0.25) is 0 Å². The van der Waals surface area contributed by atoms with Crippen LogP contribution in [0.25, 0.3) is 22.5 Å². The summed E-state index contributed by atoms with van der Waals surface area (Å²) in [5.41, 5.74) is 7.42. The molecular weight excluding hydrogens is 403 g/mol. The molecule has 0 unspecified atom stereocenters. The van der Waals surface area contributed by atoms with Gasteiger partial charge in [0, 0.05) is 20.1 Å². The molecule has 0 spiro atoms. The fourth-order valence-electron chi connectivity index (χ4n) is 2.08. The van der Waals surface area contributed by atoms with Crippen molar-refractivity contribution < 1.29 is 8.91 Å². The van der Waals surface area contributed by atoms with Crippen LogP contribution >= 0.6 is 31.9 Å². The summed E-state index contributed by atoms with van der Waals surface area (Å²) in [6.07, 6.45) is 0. The minimum absolute atomic E-state index is 0.155. The molecule has 0 fully saturated rings. The molecule has 0 radical (unpaired) electrons. The molecule has 106 valence electrons. The molecule has 3 rings (SSSR count). The lowest BCUT2D eigenvalue weighted by atomic mass is 10.0. The average Bonchev–Trinajstić information content (AvgIpc) is 2.84. The van der Waals surface area contributed by atoms with Crippen molar-refractivity contribution in [2.45, 2.75) is 0 Å². The predicted molar refractivity (Wildman–Crippen MR) is 87.1 cm³/mol. The van der Waals surface area contributed by atoms with Crippen molar-refractivity contribution in [1.29, 1.82) is 0 Å². The molecule has 0 amide bonds. The summed E-state index contributed by atoms with van der Waals surface area (Å²) in [5.74, 6) is 0.201. The Hall–Kier alpha value is -1.66. The van der Waals surface area contributed by atoms with E-state index in [1.807, 2.05) is 18.2 Å². The number of aromatic nitrogens is 1. The average molecular weight is 412 g/mol. The van der Waals surface area contributed by atoms with E-state index in [1.54, 1.807) is 18.2 Å². The Balaban J connectivity index is 2.27. The second-order valence-electron chi connectivity index (χ2n) is 4.38. The Morgan fingerprint density at radius 2 is 1.81 bits per heavy atom. The second kappa shape index (κ2) is 5.61. The van der Waals surface area contributed by atoms with Crippen LogP contribution in [0.5, 0.6) is 0 Å². The molecule has 6 heteroatoms. The van der Waals surface area contributed by atoms with Gasteiger partial charge in [-0.05, 0) is 24.3 Å². The minimum atomic E-state index is -0.375. The first-order chi connectivity index (χ1) is 10.1. The van der Waals surface area contributed by atoms with Crippen molar-refractivity contribution in [3.8, 4) is 22.5 Å². The Morgan fingerprint density at radius 1 is 1.05 bits per heavy atom. The van der Waals surface area contributed by atoms with Crippen molar-refractivity contribution in [1.82, 2.24) is 5.16 Å². The van der Waals surface area contributed by atoms with E-state index in [-0.39, 0.29) is 11.6 Å². The van der Waals surface area contributed by atoms with Gasteiger partial charge in [-0.15, -0.1) is 0 Å². The summed E-state index contributed by atoms with van der Waals surface area (Å²) in [6.45, 7) is 0. The molecular formula is C15H9Br2FN2O. The van der Waals surface area contributed by atoms with Gasteiger partial charge in [-0.2, -0.15) is 0 Å². The summed E-state index contributed by atoms with van der Waals surface area (Å²) in [5, 5.41) is 3.78. The SMILES string of the molecule is Nc1noc(-c2cc(Br)ccc2Br)c1-c1ccccc1F. The van der Waals surface area contributed by atoms with Crippen LogP contribution in [0.1, 0.15) is 0 Å². The maximum absolute atomic E-state index is 14.1. The molecule has 0 aliphatic heterocycles. The lowest BCUT2D eigenvalue weighted by molar-refractivity contribution is 0.436. The van der Waals surface area contributed by atoms with E-state index in [9.17, 15) is 4.39 Å². The van der Waals surface area contributed by atoms with Gasteiger partial charge in [0.2, 0.25) is 0 Å². The number of nitrogens with zero attached hydrogens (tertiary/aromatic N) is 1. The number of halogens is 3. The van der Waals surface area contributed by atoms with Crippen LogP contribution in [0.2, 0.25) is 0 Å². The van der Waals surface area contributed by atoms with Gasteiger partial charge in [0.25, 0.3) is 0 Å². The fraction of sp³-hybridized carbons (Fsp3) is 0. The first kappa shape index (κ1) is 14.3. The van der Waals surface area contributed by atoms with Crippen LogP contribution < -0.4 is 5.73 Å². The second-order valence-corrected chi connectivity index (χ2v) is 6.15. The maximum Gasteiger partial charge on any atom is 0.178 e. The summed E-state index contributed by atoms with van der Waals surface area (Å²) < 4.78 is 21.1. The maximum atomic E-state index is 14.1. The summed E-state index contributed by atoms with van der Waals surface area (Å²) in [6, 6.07) is 12.0. The highest BCUT2D eigenvalue weighted by Crippen LogP contribution is 2.41. The molecule has 0 aliphatic carbocycles.